The Morgan fingerprint density at radius 2 is 1.55 bits per heavy atom. The summed E-state index contributed by atoms with van der Waals surface area (Å²) in [6.45, 7) is 1.81. The molecule has 0 atom stereocenters. The van der Waals surface area contributed by atoms with Gasteiger partial charge in [0, 0.05) is 16.3 Å². The molecule has 1 aliphatic heterocycles. The monoisotopic (exact) mass is 404 g/mol. The quantitative estimate of drug-likeness (QED) is 0.451. The second kappa shape index (κ2) is 7.53. The lowest BCUT2D eigenvalue weighted by atomic mass is 10.1. The number of carbonyl (C=O) groups is 3. The number of fused-ring (bicyclic) bond motifs is 1. The van der Waals surface area contributed by atoms with Crippen LogP contribution in [0.15, 0.2) is 72.8 Å². The number of nitrogens with zero attached hydrogens (tertiary/aromatic N) is 2. The minimum Gasteiger partial charge on any atom is -0.278 e. The van der Waals surface area contributed by atoms with Gasteiger partial charge in [-0.3, -0.25) is 19.3 Å². The largest absolute Gasteiger partial charge is 0.278 e. The smallest absolute Gasteiger partial charge is 0.265 e. The molecule has 4 rings (SSSR count). The second-order valence-corrected chi connectivity index (χ2v) is 7.16. The summed E-state index contributed by atoms with van der Waals surface area (Å²) in [5.41, 5.74) is 2.46. The molecule has 0 aromatic heterocycles. The molecule has 3 aromatic rings. The first-order valence-corrected chi connectivity index (χ1v) is 9.45. The Kier molecular flexibility index (Phi) is 4.91. The van der Waals surface area contributed by atoms with Gasteiger partial charge in [-0.15, -0.1) is 0 Å². The van der Waals surface area contributed by atoms with Gasteiger partial charge in [-0.2, -0.15) is 0 Å². The van der Waals surface area contributed by atoms with E-state index in [1.807, 2.05) is 12.1 Å². The maximum atomic E-state index is 13.3. The molecule has 0 aliphatic carbocycles. The zero-order valence-electron chi connectivity index (χ0n) is 15.6. The third-order valence-corrected chi connectivity index (χ3v) is 5.05. The molecular formula is C23H17ClN2O3. The molecule has 3 aromatic carbocycles. The second-order valence-electron chi connectivity index (χ2n) is 6.72. The normalized spacial score (nSPS) is 13.9. The van der Waals surface area contributed by atoms with Crippen LogP contribution in [0.2, 0.25) is 5.02 Å². The molecule has 1 aliphatic rings. The minimum absolute atomic E-state index is 0.322. The highest BCUT2D eigenvalue weighted by Gasteiger charge is 2.36. The summed E-state index contributed by atoms with van der Waals surface area (Å²) in [5.74, 6) is -1.48. The van der Waals surface area contributed by atoms with Gasteiger partial charge in [0.1, 0.15) is 6.42 Å². The highest BCUT2D eigenvalue weighted by molar-refractivity contribution is 6.33. The number of rotatable bonds is 2. The van der Waals surface area contributed by atoms with Crippen LogP contribution in [0, 0.1) is 6.92 Å². The molecule has 0 saturated carbocycles. The molecule has 0 radical (unpaired) electrons. The molecule has 29 heavy (non-hydrogen) atoms. The van der Waals surface area contributed by atoms with Crippen molar-refractivity contribution in [2.45, 2.75) is 13.3 Å². The van der Waals surface area contributed by atoms with Crippen molar-refractivity contribution in [3.63, 3.8) is 0 Å². The minimum atomic E-state index is -0.578. The van der Waals surface area contributed by atoms with Crippen LogP contribution in [-0.2, 0) is 9.59 Å². The van der Waals surface area contributed by atoms with Crippen molar-refractivity contribution in [3.05, 3.63) is 88.9 Å². The highest BCUT2D eigenvalue weighted by Crippen LogP contribution is 2.40. The highest BCUT2D eigenvalue weighted by atomic mass is 35.5. The first kappa shape index (κ1) is 18.9. The van der Waals surface area contributed by atoms with Crippen molar-refractivity contribution >= 4 is 46.4 Å². The zero-order valence-corrected chi connectivity index (χ0v) is 16.4. The van der Waals surface area contributed by atoms with Gasteiger partial charge >= 0.3 is 0 Å². The Balaban J connectivity index is 1.92. The van der Waals surface area contributed by atoms with Gasteiger partial charge in [-0.1, -0.05) is 48.0 Å². The van der Waals surface area contributed by atoms with E-state index in [0.29, 0.717) is 27.6 Å². The van der Waals surface area contributed by atoms with E-state index in [9.17, 15) is 14.4 Å². The maximum Gasteiger partial charge on any atom is 0.265 e. The first-order chi connectivity index (χ1) is 14.0. The van der Waals surface area contributed by atoms with E-state index in [1.54, 1.807) is 67.6 Å². The van der Waals surface area contributed by atoms with Crippen LogP contribution in [0.5, 0.6) is 0 Å². The number of benzene rings is 3. The van der Waals surface area contributed by atoms with E-state index >= 15 is 0 Å². The van der Waals surface area contributed by atoms with Gasteiger partial charge < -0.3 is 0 Å². The molecule has 5 nitrogen and oxygen atoms in total. The van der Waals surface area contributed by atoms with Gasteiger partial charge in [0.15, 0.2) is 0 Å². The maximum absolute atomic E-state index is 13.3. The third kappa shape index (κ3) is 3.41. The van der Waals surface area contributed by atoms with E-state index in [2.05, 4.69) is 0 Å². The number of imide groups is 1. The van der Waals surface area contributed by atoms with Gasteiger partial charge in [0.2, 0.25) is 11.8 Å². The standard InChI is InChI=1S/C23H17ClN2O3/c1-15-7-5-6-10-18(15)23(29)26-19-12-11-16(24)13-20(19)25(21(27)14-22(26)28)17-8-3-2-4-9-17/h2-13H,14H2,1H3. The SMILES string of the molecule is Cc1ccccc1C(=O)N1C(=O)CC(=O)N(c2ccccc2)c2cc(Cl)ccc21. The zero-order chi connectivity index (χ0) is 20.5. The van der Waals surface area contributed by atoms with E-state index in [1.165, 1.54) is 4.90 Å². The number of anilines is 3. The van der Waals surface area contributed by atoms with Crippen molar-refractivity contribution in [2.75, 3.05) is 9.80 Å². The number of halogens is 1. The summed E-state index contributed by atoms with van der Waals surface area (Å²) in [5, 5.41) is 0.398. The summed E-state index contributed by atoms with van der Waals surface area (Å²) >= 11 is 6.21. The van der Waals surface area contributed by atoms with Gasteiger partial charge in [0.25, 0.3) is 5.91 Å². The van der Waals surface area contributed by atoms with Gasteiger partial charge in [-0.25, -0.2) is 4.90 Å². The van der Waals surface area contributed by atoms with Crippen molar-refractivity contribution in [1.82, 2.24) is 0 Å². The molecule has 0 fully saturated rings. The number of hydrogen-bond acceptors (Lipinski definition) is 3. The van der Waals surface area contributed by atoms with Crippen LogP contribution in [0.4, 0.5) is 17.1 Å². The topological polar surface area (TPSA) is 57.7 Å². The molecule has 0 bridgehead atoms. The molecular weight excluding hydrogens is 388 g/mol. The molecule has 0 saturated heterocycles. The van der Waals surface area contributed by atoms with Crippen LogP contribution in [-0.4, -0.2) is 17.7 Å². The summed E-state index contributed by atoms with van der Waals surface area (Å²) in [7, 11) is 0. The number of hydrogen-bond donors (Lipinski definition) is 0. The molecule has 144 valence electrons. The Morgan fingerprint density at radius 3 is 2.28 bits per heavy atom. The summed E-state index contributed by atoms with van der Waals surface area (Å²) in [6.07, 6.45) is -0.432. The van der Waals surface area contributed by atoms with E-state index in [4.69, 9.17) is 11.6 Å². The van der Waals surface area contributed by atoms with Crippen molar-refractivity contribution < 1.29 is 14.4 Å². The fourth-order valence-electron chi connectivity index (χ4n) is 3.44. The Morgan fingerprint density at radius 1 is 0.862 bits per heavy atom. The van der Waals surface area contributed by atoms with E-state index < -0.39 is 24.1 Å². The van der Waals surface area contributed by atoms with Crippen molar-refractivity contribution in [3.8, 4) is 0 Å². The predicted molar refractivity (Wildman–Crippen MR) is 113 cm³/mol. The number of aryl methyl sites for hydroxylation is 1. The van der Waals surface area contributed by atoms with Crippen LogP contribution in [0.3, 0.4) is 0 Å². The summed E-state index contributed by atoms with van der Waals surface area (Å²) in [4.78, 5) is 41.8. The summed E-state index contributed by atoms with van der Waals surface area (Å²) < 4.78 is 0. The lowest BCUT2D eigenvalue weighted by molar-refractivity contribution is -0.125. The number of para-hydroxylation sites is 1. The Labute approximate surface area is 173 Å². The average Bonchev–Trinajstić information content (AvgIpc) is 2.81. The lowest BCUT2D eigenvalue weighted by Crippen LogP contribution is -2.37. The van der Waals surface area contributed by atoms with Crippen LogP contribution in [0.1, 0.15) is 22.3 Å². The fraction of sp³-hybridized carbons (Fsp3) is 0.0870. The molecule has 1 heterocycles. The van der Waals surface area contributed by atoms with Crippen molar-refractivity contribution in [1.29, 1.82) is 0 Å². The Bertz CT molecular complexity index is 1130. The fourth-order valence-corrected chi connectivity index (χ4v) is 3.60. The van der Waals surface area contributed by atoms with Gasteiger partial charge in [-0.05, 0) is 48.9 Å². The van der Waals surface area contributed by atoms with Crippen LogP contribution in [0.25, 0.3) is 0 Å². The number of amides is 3. The third-order valence-electron chi connectivity index (χ3n) is 4.81. The molecule has 0 N–H and O–H groups in total. The van der Waals surface area contributed by atoms with Crippen LogP contribution >= 0.6 is 11.6 Å². The Hall–Kier alpha value is -3.44. The molecule has 0 spiro atoms. The molecule has 3 amide bonds. The van der Waals surface area contributed by atoms with E-state index in [-0.39, 0.29) is 0 Å². The van der Waals surface area contributed by atoms with Crippen LogP contribution < -0.4 is 9.80 Å². The number of carbonyl (C=O) groups excluding carboxylic acids is 3. The van der Waals surface area contributed by atoms with Gasteiger partial charge in [0.05, 0.1) is 11.4 Å². The van der Waals surface area contributed by atoms with Crippen molar-refractivity contribution in [2.24, 2.45) is 0 Å². The summed E-state index contributed by atoms with van der Waals surface area (Å²) in [6, 6.07) is 20.8. The average molecular weight is 405 g/mol. The van der Waals surface area contributed by atoms with E-state index in [0.717, 1.165) is 10.5 Å². The lowest BCUT2D eigenvalue weighted by Gasteiger charge is -2.25. The predicted octanol–water partition coefficient (Wildman–Crippen LogP) is 4.89. The molecule has 6 heteroatoms. The first-order valence-electron chi connectivity index (χ1n) is 9.08. The molecule has 0 unspecified atom stereocenters.